The molecule has 33 heavy (non-hydrogen) atoms. The highest BCUT2D eigenvalue weighted by Crippen LogP contribution is 2.29. The third-order valence-electron chi connectivity index (χ3n) is 5.46. The van der Waals surface area contributed by atoms with Gasteiger partial charge in [-0.05, 0) is 42.8 Å². The van der Waals surface area contributed by atoms with E-state index in [1.807, 2.05) is 6.92 Å². The summed E-state index contributed by atoms with van der Waals surface area (Å²) in [5, 5.41) is 0. The molecule has 2 heterocycles. The normalized spacial score (nSPS) is 13.9. The first-order chi connectivity index (χ1) is 15.8. The zero-order valence-corrected chi connectivity index (χ0v) is 17.9. The highest BCUT2D eigenvalue weighted by molar-refractivity contribution is 5.95. The molecule has 1 fully saturated rings. The molecule has 2 aromatic carbocycles. The van der Waals surface area contributed by atoms with E-state index >= 15 is 0 Å². The second-order valence-electron chi connectivity index (χ2n) is 7.70. The number of anilines is 1. The number of nitrogens with zero attached hydrogens (tertiary/aromatic N) is 4. The highest BCUT2D eigenvalue weighted by atomic mass is 19.4. The first-order valence-corrected chi connectivity index (χ1v) is 10.4. The predicted molar refractivity (Wildman–Crippen MR) is 119 cm³/mol. The third-order valence-corrected chi connectivity index (χ3v) is 5.46. The second kappa shape index (κ2) is 9.33. The minimum atomic E-state index is -4.42. The smallest absolute Gasteiger partial charge is 0.352 e. The standard InChI is InChI=1S/C25H21F3N4O/c1-18-5-7-21(16-20(18)8-6-19-3-2-4-22(15-19)25(26,27)28)24(33)32-13-11-31(12-14-32)23-17-29-9-10-30-23/h2-5,7,9-10,15-17H,11-14H2,1H3. The Morgan fingerprint density at radius 1 is 1.00 bits per heavy atom. The third kappa shape index (κ3) is 5.32. The van der Waals surface area contributed by atoms with Gasteiger partial charge in [-0.1, -0.05) is 24.0 Å². The molecular formula is C25H21F3N4O. The monoisotopic (exact) mass is 450 g/mol. The number of halogens is 3. The van der Waals surface area contributed by atoms with Gasteiger partial charge in [-0.25, -0.2) is 4.98 Å². The lowest BCUT2D eigenvalue weighted by atomic mass is 10.0. The molecule has 0 N–H and O–H groups in total. The van der Waals surface area contributed by atoms with Gasteiger partial charge in [0.2, 0.25) is 0 Å². The molecule has 8 heteroatoms. The van der Waals surface area contributed by atoms with E-state index in [0.29, 0.717) is 37.3 Å². The van der Waals surface area contributed by atoms with Gasteiger partial charge in [-0.15, -0.1) is 0 Å². The Hall–Kier alpha value is -3.86. The van der Waals surface area contributed by atoms with Crippen LogP contribution >= 0.6 is 0 Å². The fourth-order valence-corrected chi connectivity index (χ4v) is 3.58. The van der Waals surface area contributed by atoms with Crippen LogP contribution in [0.4, 0.5) is 19.0 Å². The van der Waals surface area contributed by atoms with Gasteiger partial charge in [0.05, 0.1) is 11.8 Å². The van der Waals surface area contributed by atoms with E-state index in [-0.39, 0.29) is 11.5 Å². The van der Waals surface area contributed by atoms with Crippen LogP contribution in [0.1, 0.15) is 32.6 Å². The van der Waals surface area contributed by atoms with Crippen LogP contribution in [0, 0.1) is 18.8 Å². The van der Waals surface area contributed by atoms with Gasteiger partial charge in [0.15, 0.2) is 0 Å². The van der Waals surface area contributed by atoms with Gasteiger partial charge in [0, 0.05) is 55.3 Å². The first kappa shape index (κ1) is 22.3. The van der Waals surface area contributed by atoms with Gasteiger partial charge < -0.3 is 9.80 Å². The number of amides is 1. The van der Waals surface area contributed by atoms with Crippen molar-refractivity contribution >= 4 is 11.7 Å². The van der Waals surface area contributed by atoms with E-state index in [2.05, 4.69) is 26.7 Å². The van der Waals surface area contributed by atoms with E-state index in [1.165, 1.54) is 12.1 Å². The second-order valence-corrected chi connectivity index (χ2v) is 7.70. The highest BCUT2D eigenvalue weighted by Gasteiger charge is 2.30. The van der Waals surface area contributed by atoms with E-state index in [4.69, 9.17) is 0 Å². The van der Waals surface area contributed by atoms with Gasteiger partial charge in [0.25, 0.3) is 5.91 Å². The van der Waals surface area contributed by atoms with E-state index in [0.717, 1.165) is 23.5 Å². The van der Waals surface area contributed by atoms with E-state index < -0.39 is 11.7 Å². The van der Waals surface area contributed by atoms with Crippen molar-refractivity contribution in [3.8, 4) is 11.8 Å². The van der Waals surface area contributed by atoms with E-state index in [1.54, 1.807) is 41.7 Å². The number of benzene rings is 2. The minimum Gasteiger partial charge on any atom is -0.352 e. The van der Waals surface area contributed by atoms with Crippen LogP contribution in [0.15, 0.2) is 61.1 Å². The summed E-state index contributed by atoms with van der Waals surface area (Å²) in [6, 6.07) is 10.2. The molecule has 0 unspecified atom stereocenters. The molecule has 1 aliphatic heterocycles. The Bertz CT molecular complexity index is 1210. The molecule has 5 nitrogen and oxygen atoms in total. The van der Waals surface area contributed by atoms with Crippen molar-refractivity contribution in [3.63, 3.8) is 0 Å². The van der Waals surface area contributed by atoms with Crippen LogP contribution in [0.3, 0.4) is 0 Å². The molecule has 1 aromatic heterocycles. The lowest BCUT2D eigenvalue weighted by molar-refractivity contribution is -0.137. The van der Waals surface area contributed by atoms with Crippen molar-refractivity contribution in [1.82, 2.24) is 14.9 Å². The summed E-state index contributed by atoms with van der Waals surface area (Å²) < 4.78 is 38.8. The van der Waals surface area contributed by atoms with Gasteiger partial charge in [-0.2, -0.15) is 13.2 Å². The quantitative estimate of drug-likeness (QED) is 0.550. The van der Waals surface area contributed by atoms with Gasteiger partial charge in [-0.3, -0.25) is 9.78 Å². The molecule has 1 amide bonds. The summed E-state index contributed by atoms with van der Waals surface area (Å²) in [6.45, 7) is 4.25. The molecule has 0 spiro atoms. The van der Waals surface area contributed by atoms with Crippen molar-refractivity contribution in [2.45, 2.75) is 13.1 Å². The SMILES string of the molecule is Cc1ccc(C(=O)N2CCN(c3cnccn3)CC2)cc1C#Cc1cccc(C(F)(F)F)c1. The molecule has 1 aliphatic rings. The molecule has 168 valence electrons. The largest absolute Gasteiger partial charge is 0.416 e. The Morgan fingerprint density at radius 2 is 1.79 bits per heavy atom. The minimum absolute atomic E-state index is 0.101. The average molecular weight is 450 g/mol. The topological polar surface area (TPSA) is 49.3 Å². The summed E-state index contributed by atoms with van der Waals surface area (Å²) in [7, 11) is 0. The molecule has 0 saturated carbocycles. The fourth-order valence-electron chi connectivity index (χ4n) is 3.58. The molecule has 4 rings (SSSR count). The number of alkyl halides is 3. The Kier molecular flexibility index (Phi) is 6.31. The van der Waals surface area contributed by atoms with Crippen molar-refractivity contribution < 1.29 is 18.0 Å². The van der Waals surface area contributed by atoms with Crippen molar-refractivity contribution in [2.75, 3.05) is 31.1 Å². The van der Waals surface area contributed by atoms with E-state index in [9.17, 15) is 18.0 Å². The van der Waals surface area contributed by atoms with Crippen LogP contribution in [-0.4, -0.2) is 47.0 Å². The van der Waals surface area contributed by atoms with Crippen LogP contribution in [-0.2, 0) is 6.18 Å². The van der Waals surface area contributed by atoms with Crippen LogP contribution in [0.2, 0.25) is 0 Å². The molecule has 0 atom stereocenters. The first-order valence-electron chi connectivity index (χ1n) is 10.4. The number of aromatic nitrogens is 2. The molecule has 0 aliphatic carbocycles. The number of carbonyl (C=O) groups excluding carboxylic acids is 1. The zero-order valence-electron chi connectivity index (χ0n) is 17.9. The zero-order chi connectivity index (χ0) is 23.4. The molecular weight excluding hydrogens is 429 g/mol. The molecule has 1 saturated heterocycles. The number of piperazine rings is 1. The maximum Gasteiger partial charge on any atom is 0.416 e. The average Bonchev–Trinajstić information content (AvgIpc) is 2.83. The maximum atomic E-state index is 13.0. The number of hydrogen-bond donors (Lipinski definition) is 0. The van der Waals surface area contributed by atoms with Gasteiger partial charge >= 0.3 is 6.18 Å². The molecule has 3 aromatic rings. The van der Waals surface area contributed by atoms with Crippen molar-refractivity contribution in [3.05, 3.63) is 88.9 Å². The van der Waals surface area contributed by atoms with Crippen molar-refractivity contribution in [1.29, 1.82) is 0 Å². The predicted octanol–water partition coefficient (Wildman–Crippen LogP) is 4.17. The van der Waals surface area contributed by atoms with Crippen LogP contribution < -0.4 is 4.90 Å². The lowest BCUT2D eigenvalue weighted by Crippen LogP contribution is -2.49. The van der Waals surface area contributed by atoms with Crippen LogP contribution in [0.5, 0.6) is 0 Å². The van der Waals surface area contributed by atoms with Gasteiger partial charge in [0.1, 0.15) is 5.82 Å². The number of hydrogen-bond acceptors (Lipinski definition) is 4. The number of carbonyl (C=O) groups is 1. The summed E-state index contributed by atoms with van der Waals surface area (Å²) in [5.41, 5.74) is 1.48. The summed E-state index contributed by atoms with van der Waals surface area (Å²) in [5.74, 6) is 6.40. The Morgan fingerprint density at radius 3 is 2.48 bits per heavy atom. The number of aryl methyl sites for hydroxylation is 1. The number of rotatable bonds is 2. The Labute approximate surface area is 189 Å². The van der Waals surface area contributed by atoms with Crippen LogP contribution in [0.25, 0.3) is 0 Å². The molecule has 0 radical (unpaired) electrons. The van der Waals surface area contributed by atoms with Crippen molar-refractivity contribution in [2.24, 2.45) is 0 Å². The Balaban J connectivity index is 1.48. The lowest BCUT2D eigenvalue weighted by Gasteiger charge is -2.35. The molecule has 0 bridgehead atoms. The fraction of sp³-hybridized carbons (Fsp3) is 0.240. The maximum absolute atomic E-state index is 13.0. The summed E-state index contributed by atoms with van der Waals surface area (Å²) in [6.07, 6.45) is 0.541. The summed E-state index contributed by atoms with van der Waals surface area (Å²) in [4.78, 5) is 25.3. The summed E-state index contributed by atoms with van der Waals surface area (Å²) >= 11 is 0.